The van der Waals surface area contributed by atoms with E-state index >= 15 is 0 Å². The van der Waals surface area contributed by atoms with Crippen LogP contribution in [0.25, 0.3) is 10.9 Å². The lowest BCUT2D eigenvalue weighted by molar-refractivity contribution is -0.137. The zero-order valence-electron chi connectivity index (χ0n) is 13.7. The fourth-order valence-electron chi connectivity index (χ4n) is 3.11. The third-order valence-electron chi connectivity index (χ3n) is 4.37. The van der Waals surface area contributed by atoms with Gasteiger partial charge in [0.05, 0.1) is 28.1 Å². The molecule has 2 aromatic rings. The number of hydrogen-bond acceptors (Lipinski definition) is 3. The highest BCUT2D eigenvalue weighted by Gasteiger charge is 2.40. The lowest BCUT2D eigenvalue weighted by atomic mass is 9.92. The average Bonchev–Trinajstić information content (AvgIpc) is 2.82. The van der Waals surface area contributed by atoms with E-state index in [1.165, 1.54) is 13.0 Å². The number of aryl methyl sites for hydroxylation is 1. The summed E-state index contributed by atoms with van der Waals surface area (Å²) in [5.41, 5.74) is -2.69. The Morgan fingerprint density at radius 3 is 2.44 bits per heavy atom. The summed E-state index contributed by atoms with van der Waals surface area (Å²) in [6, 6.07) is 3.46. The van der Waals surface area contributed by atoms with Crippen LogP contribution in [0.15, 0.2) is 12.1 Å². The van der Waals surface area contributed by atoms with E-state index in [-0.39, 0.29) is 17.6 Å². The number of nitriles is 1. The van der Waals surface area contributed by atoms with Crippen LogP contribution in [0, 0.1) is 18.3 Å². The Morgan fingerprint density at radius 2 is 2.00 bits per heavy atom. The SMILES string of the molecule is CCC(S(=O)O)C(C)(O)c1[nH]c2cc(C(F)(F)F)c(C#N)cc2c1C. The molecular weight excluding hydrogens is 357 g/mol. The number of hydrogen-bond donors (Lipinski definition) is 3. The molecule has 0 amide bonds. The van der Waals surface area contributed by atoms with Crippen LogP contribution in [0.4, 0.5) is 13.2 Å². The molecule has 0 bridgehead atoms. The van der Waals surface area contributed by atoms with Gasteiger partial charge < -0.3 is 14.6 Å². The summed E-state index contributed by atoms with van der Waals surface area (Å²) in [6.07, 6.45) is -4.51. The Kier molecular flexibility index (Phi) is 5.01. The molecule has 1 heterocycles. The van der Waals surface area contributed by atoms with Gasteiger partial charge in [-0.05, 0) is 38.0 Å². The summed E-state index contributed by atoms with van der Waals surface area (Å²) in [7, 11) is 0. The number of halogens is 3. The van der Waals surface area contributed by atoms with Crippen molar-refractivity contribution in [3.63, 3.8) is 0 Å². The Morgan fingerprint density at radius 1 is 1.40 bits per heavy atom. The van der Waals surface area contributed by atoms with Gasteiger partial charge in [0.2, 0.25) is 0 Å². The van der Waals surface area contributed by atoms with Gasteiger partial charge in [-0.1, -0.05) is 6.92 Å². The van der Waals surface area contributed by atoms with Gasteiger partial charge in [-0.3, -0.25) is 0 Å². The maximum atomic E-state index is 13.1. The van der Waals surface area contributed by atoms with Crippen LogP contribution >= 0.6 is 0 Å². The number of aromatic nitrogens is 1. The van der Waals surface area contributed by atoms with Gasteiger partial charge in [-0.2, -0.15) is 18.4 Å². The second-order valence-electron chi connectivity index (χ2n) is 6.00. The highest BCUT2D eigenvalue weighted by molar-refractivity contribution is 7.80. The lowest BCUT2D eigenvalue weighted by Crippen LogP contribution is -2.40. The van der Waals surface area contributed by atoms with Gasteiger partial charge in [0.1, 0.15) is 5.60 Å². The van der Waals surface area contributed by atoms with Gasteiger partial charge in [-0.15, -0.1) is 0 Å². The number of alkyl halides is 3. The largest absolute Gasteiger partial charge is 0.417 e. The van der Waals surface area contributed by atoms with E-state index in [0.29, 0.717) is 10.9 Å². The molecule has 0 saturated heterocycles. The van der Waals surface area contributed by atoms with Gasteiger partial charge in [-0.25, -0.2) is 4.21 Å². The second kappa shape index (κ2) is 6.44. The van der Waals surface area contributed by atoms with E-state index < -0.39 is 39.2 Å². The number of fused-ring (bicyclic) bond motifs is 1. The smallest absolute Gasteiger partial charge is 0.383 e. The molecule has 1 aromatic carbocycles. The van der Waals surface area contributed by atoms with Crippen LogP contribution in [0.3, 0.4) is 0 Å². The highest BCUT2D eigenvalue weighted by Crippen LogP contribution is 2.39. The molecule has 3 unspecified atom stereocenters. The topological polar surface area (TPSA) is 97.1 Å². The summed E-state index contributed by atoms with van der Waals surface area (Å²) in [5.74, 6) is 0. The maximum absolute atomic E-state index is 13.1. The molecule has 9 heteroatoms. The van der Waals surface area contributed by atoms with Crippen molar-refractivity contribution in [2.24, 2.45) is 0 Å². The molecule has 0 aliphatic heterocycles. The van der Waals surface area contributed by atoms with Crippen LogP contribution < -0.4 is 0 Å². The number of aliphatic hydroxyl groups is 1. The normalized spacial score (nSPS) is 17.1. The van der Waals surface area contributed by atoms with Crippen molar-refractivity contribution in [3.05, 3.63) is 34.5 Å². The van der Waals surface area contributed by atoms with E-state index in [0.717, 1.165) is 12.1 Å². The van der Waals surface area contributed by atoms with Crippen molar-refractivity contribution in [2.45, 2.75) is 44.2 Å². The van der Waals surface area contributed by atoms with E-state index in [1.807, 2.05) is 0 Å². The molecule has 0 saturated carbocycles. The molecule has 0 aliphatic carbocycles. The number of rotatable bonds is 4. The second-order valence-corrected chi connectivity index (χ2v) is 7.12. The monoisotopic (exact) mass is 374 g/mol. The lowest BCUT2D eigenvalue weighted by Gasteiger charge is -2.29. The molecule has 0 spiro atoms. The summed E-state index contributed by atoms with van der Waals surface area (Å²) in [4.78, 5) is 2.73. The predicted molar refractivity (Wildman–Crippen MR) is 87.2 cm³/mol. The minimum absolute atomic E-state index is 0.0951. The first-order valence-corrected chi connectivity index (χ1v) is 8.58. The van der Waals surface area contributed by atoms with Crippen molar-refractivity contribution in [3.8, 4) is 6.07 Å². The molecule has 0 aliphatic rings. The highest BCUT2D eigenvalue weighted by atomic mass is 32.2. The van der Waals surface area contributed by atoms with E-state index in [2.05, 4.69) is 4.98 Å². The van der Waals surface area contributed by atoms with E-state index in [9.17, 15) is 27.0 Å². The minimum Gasteiger partial charge on any atom is -0.383 e. The van der Waals surface area contributed by atoms with Crippen LogP contribution in [0.2, 0.25) is 0 Å². The van der Waals surface area contributed by atoms with Crippen LogP contribution in [-0.2, 0) is 22.9 Å². The third-order valence-corrected chi connectivity index (χ3v) is 5.65. The quantitative estimate of drug-likeness (QED) is 0.713. The van der Waals surface area contributed by atoms with Gasteiger partial charge in [0, 0.05) is 10.9 Å². The Labute approximate surface area is 144 Å². The van der Waals surface area contributed by atoms with Crippen molar-refractivity contribution in [1.29, 1.82) is 5.26 Å². The Balaban J connectivity index is 2.75. The summed E-state index contributed by atoms with van der Waals surface area (Å²) < 4.78 is 60.2. The average molecular weight is 374 g/mol. The molecule has 25 heavy (non-hydrogen) atoms. The molecular formula is C16H17F3N2O3S. The van der Waals surface area contributed by atoms with Crippen LogP contribution in [0.5, 0.6) is 0 Å². The van der Waals surface area contributed by atoms with Crippen LogP contribution in [0.1, 0.15) is 42.7 Å². The number of nitrogens with zero attached hydrogens (tertiary/aromatic N) is 1. The van der Waals surface area contributed by atoms with Gasteiger partial charge in [0.25, 0.3) is 0 Å². The number of benzene rings is 1. The molecule has 2 rings (SSSR count). The third kappa shape index (κ3) is 3.29. The fraction of sp³-hybridized carbons (Fsp3) is 0.438. The molecule has 3 N–H and O–H groups in total. The van der Waals surface area contributed by atoms with E-state index in [4.69, 9.17) is 5.26 Å². The molecule has 0 fully saturated rings. The summed E-state index contributed by atoms with van der Waals surface area (Å²) in [6.45, 7) is 4.54. The summed E-state index contributed by atoms with van der Waals surface area (Å²) >= 11 is -2.33. The molecule has 1 aromatic heterocycles. The Hall–Kier alpha value is -1.89. The van der Waals surface area contributed by atoms with Crippen molar-refractivity contribution in [1.82, 2.24) is 4.98 Å². The molecule has 136 valence electrons. The fourth-order valence-corrected chi connectivity index (χ4v) is 3.90. The van der Waals surface area contributed by atoms with E-state index in [1.54, 1.807) is 13.8 Å². The van der Waals surface area contributed by atoms with Crippen molar-refractivity contribution >= 4 is 22.0 Å². The van der Waals surface area contributed by atoms with Crippen LogP contribution in [-0.4, -0.2) is 24.1 Å². The van der Waals surface area contributed by atoms with Crippen molar-refractivity contribution < 1.29 is 27.0 Å². The zero-order valence-corrected chi connectivity index (χ0v) is 14.5. The minimum atomic E-state index is -4.69. The summed E-state index contributed by atoms with van der Waals surface area (Å²) in [5, 5.41) is 19.1. The number of H-pyrrole nitrogens is 1. The zero-order chi connectivity index (χ0) is 19.2. The standard InChI is InChI=1S/C16H17F3N2O3S/c1-4-13(25(23)24)15(3,22)14-8(2)10-5-9(7-20)11(16(17,18)19)6-12(10)21-14/h5-6,13,21-22H,4H2,1-3H3,(H,23,24). The molecule has 3 atom stereocenters. The molecule has 5 nitrogen and oxygen atoms in total. The molecule has 0 radical (unpaired) electrons. The first-order chi connectivity index (χ1) is 11.4. The number of nitrogens with one attached hydrogen (secondary N) is 1. The van der Waals surface area contributed by atoms with Gasteiger partial charge in [0.15, 0.2) is 11.1 Å². The first kappa shape index (κ1) is 19.4. The Bertz CT molecular complexity index is 881. The maximum Gasteiger partial charge on any atom is 0.417 e. The number of aromatic amines is 1. The first-order valence-electron chi connectivity index (χ1n) is 7.41. The van der Waals surface area contributed by atoms with Crippen molar-refractivity contribution in [2.75, 3.05) is 0 Å². The van der Waals surface area contributed by atoms with Gasteiger partial charge >= 0.3 is 6.18 Å². The predicted octanol–water partition coefficient (Wildman–Crippen LogP) is 3.57.